The highest BCUT2D eigenvalue weighted by molar-refractivity contribution is 6.07. The fraction of sp³-hybridized carbons (Fsp3) is 0.143. The number of nitriles is 1. The van der Waals surface area contributed by atoms with Gasteiger partial charge in [-0.05, 0) is 35.9 Å². The van der Waals surface area contributed by atoms with Crippen LogP contribution in [0.15, 0.2) is 85.1 Å². The molecule has 5 rings (SSSR count). The van der Waals surface area contributed by atoms with E-state index in [0.717, 1.165) is 33.8 Å². The van der Waals surface area contributed by atoms with Crippen molar-refractivity contribution >= 4 is 11.6 Å². The summed E-state index contributed by atoms with van der Waals surface area (Å²) in [4.78, 5) is 24.8. The number of carbonyl (C=O) groups is 1. The third-order valence-corrected chi connectivity index (χ3v) is 5.98. The van der Waals surface area contributed by atoms with E-state index < -0.39 is 0 Å². The molecule has 5 nitrogen and oxygen atoms in total. The molecule has 0 bridgehead atoms. The molecule has 0 unspecified atom stereocenters. The number of hydrogen-bond donors (Lipinski definition) is 0. The van der Waals surface area contributed by atoms with Gasteiger partial charge < -0.3 is 4.90 Å². The van der Waals surface area contributed by atoms with Crippen molar-refractivity contribution in [3.63, 3.8) is 0 Å². The summed E-state index contributed by atoms with van der Waals surface area (Å²) in [6, 6.07) is 26.9. The predicted molar refractivity (Wildman–Crippen MR) is 129 cm³/mol. The number of pyridine rings is 2. The van der Waals surface area contributed by atoms with E-state index in [1.165, 1.54) is 0 Å². The molecule has 3 heterocycles. The van der Waals surface area contributed by atoms with Gasteiger partial charge >= 0.3 is 0 Å². The molecule has 0 spiro atoms. The summed E-state index contributed by atoms with van der Waals surface area (Å²) in [7, 11) is 0. The van der Waals surface area contributed by atoms with Crippen molar-refractivity contribution in [2.75, 3.05) is 11.4 Å². The molecular formula is C28H22N4O. The van der Waals surface area contributed by atoms with Crippen LogP contribution in [0, 0.1) is 11.3 Å². The number of anilines is 1. The predicted octanol–water partition coefficient (Wildman–Crippen LogP) is 5.62. The fourth-order valence-corrected chi connectivity index (χ4v) is 4.27. The molecular weight excluding hydrogens is 408 g/mol. The highest BCUT2D eigenvalue weighted by Gasteiger charge is 2.40. The molecule has 4 aromatic rings. The fourth-order valence-electron chi connectivity index (χ4n) is 4.27. The van der Waals surface area contributed by atoms with Crippen LogP contribution in [0.1, 0.15) is 35.6 Å². The Balaban J connectivity index is 1.53. The maximum absolute atomic E-state index is 13.6. The molecule has 1 amide bonds. The number of rotatable bonds is 3. The minimum atomic E-state index is -0.273. The largest absolute Gasteiger partial charge is 0.304 e. The van der Waals surface area contributed by atoms with Gasteiger partial charge in [0.15, 0.2) is 0 Å². The Morgan fingerprint density at radius 2 is 1.70 bits per heavy atom. The number of amides is 1. The van der Waals surface area contributed by atoms with Crippen LogP contribution in [0.5, 0.6) is 0 Å². The maximum Gasteiger partial charge on any atom is 0.276 e. The van der Waals surface area contributed by atoms with E-state index in [1.54, 1.807) is 23.1 Å². The lowest BCUT2D eigenvalue weighted by Crippen LogP contribution is -2.34. The molecule has 0 saturated heterocycles. The van der Waals surface area contributed by atoms with Gasteiger partial charge in [0.25, 0.3) is 5.91 Å². The van der Waals surface area contributed by atoms with Gasteiger partial charge in [0.1, 0.15) is 5.69 Å². The molecule has 2 aromatic carbocycles. The third-order valence-electron chi connectivity index (χ3n) is 5.98. The van der Waals surface area contributed by atoms with Crippen molar-refractivity contribution in [1.82, 2.24) is 9.97 Å². The molecule has 2 aromatic heterocycles. The standard InChI is InChI=1S/C28H22N4O/c1-28(2)18-32(27(33)24-10-6-9-23(31-24)21-7-4-3-5-8-21)25-15-22(17-30-26(25)28)20-13-11-19(16-29)12-14-20/h3-15,17H,18H2,1-2H3. The molecule has 5 heteroatoms. The van der Waals surface area contributed by atoms with Crippen LogP contribution in [-0.4, -0.2) is 22.4 Å². The lowest BCUT2D eigenvalue weighted by molar-refractivity contribution is 0.0981. The normalized spacial score (nSPS) is 13.9. The van der Waals surface area contributed by atoms with Crippen molar-refractivity contribution in [3.8, 4) is 28.5 Å². The third kappa shape index (κ3) is 3.77. The topological polar surface area (TPSA) is 69.9 Å². The quantitative estimate of drug-likeness (QED) is 0.423. The van der Waals surface area contributed by atoms with Crippen molar-refractivity contribution < 1.29 is 4.79 Å². The van der Waals surface area contributed by atoms with Crippen LogP contribution in [0.25, 0.3) is 22.4 Å². The highest BCUT2D eigenvalue weighted by Crippen LogP contribution is 2.41. The zero-order valence-electron chi connectivity index (χ0n) is 18.5. The first-order chi connectivity index (χ1) is 16.0. The first kappa shape index (κ1) is 20.6. The number of benzene rings is 2. The van der Waals surface area contributed by atoms with E-state index in [1.807, 2.05) is 66.9 Å². The Labute approximate surface area is 193 Å². The Morgan fingerprint density at radius 3 is 2.42 bits per heavy atom. The van der Waals surface area contributed by atoms with E-state index in [4.69, 9.17) is 10.2 Å². The Morgan fingerprint density at radius 1 is 0.939 bits per heavy atom. The number of hydrogen-bond acceptors (Lipinski definition) is 4. The average Bonchev–Trinajstić information content (AvgIpc) is 3.14. The van der Waals surface area contributed by atoms with E-state index in [2.05, 4.69) is 24.9 Å². The molecule has 0 aliphatic carbocycles. The highest BCUT2D eigenvalue weighted by atomic mass is 16.2. The van der Waals surface area contributed by atoms with Crippen LogP contribution in [0.2, 0.25) is 0 Å². The SMILES string of the molecule is CC1(C)CN(C(=O)c2cccc(-c3ccccc3)n2)c2cc(-c3ccc(C#N)cc3)cnc21. The Hall–Kier alpha value is -4.30. The second-order valence-corrected chi connectivity index (χ2v) is 8.83. The molecule has 0 saturated carbocycles. The smallest absolute Gasteiger partial charge is 0.276 e. The van der Waals surface area contributed by atoms with Crippen molar-refractivity contribution in [1.29, 1.82) is 5.26 Å². The summed E-state index contributed by atoms with van der Waals surface area (Å²) in [6.45, 7) is 4.73. The molecule has 0 atom stereocenters. The molecule has 33 heavy (non-hydrogen) atoms. The van der Waals surface area contributed by atoms with Crippen molar-refractivity contribution in [2.45, 2.75) is 19.3 Å². The minimum absolute atomic E-state index is 0.140. The van der Waals surface area contributed by atoms with Gasteiger partial charge in [-0.2, -0.15) is 5.26 Å². The second kappa shape index (κ2) is 7.99. The summed E-state index contributed by atoms with van der Waals surface area (Å²) in [5.74, 6) is -0.140. The van der Waals surface area contributed by atoms with Crippen LogP contribution in [0.4, 0.5) is 5.69 Å². The molecule has 1 aliphatic rings. The minimum Gasteiger partial charge on any atom is -0.304 e. The summed E-state index contributed by atoms with van der Waals surface area (Å²) < 4.78 is 0. The maximum atomic E-state index is 13.6. The zero-order valence-corrected chi connectivity index (χ0v) is 18.5. The summed E-state index contributed by atoms with van der Waals surface area (Å²) >= 11 is 0. The summed E-state index contributed by atoms with van der Waals surface area (Å²) in [6.07, 6.45) is 1.84. The molecule has 0 fully saturated rings. The zero-order chi connectivity index (χ0) is 23.0. The monoisotopic (exact) mass is 430 g/mol. The molecule has 0 radical (unpaired) electrons. The van der Waals surface area contributed by atoms with Gasteiger partial charge in [-0.1, -0.05) is 62.4 Å². The molecule has 160 valence electrons. The van der Waals surface area contributed by atoms with Crippen LogP contribution < -0.4 is 4.90 Å². The van der Waals surface area contributed by atoms with Gasteiger partial charge in [-0.15, -0.1) is 0 Å². The van der Waals surface area contributed by atoms with Crippen molar-refractivity contribution in [2.24, 2.45) is 0 Å². The van der Waals surface area contributed by atoms with Gasteiger partial charge in [-0.3, -0.25) is 9.78 Å². The van der Waals surface area contributed by atoms with Crippen LogP contribution in [0.3, 0.4) is 0 Å². The number of nitrogens with zero attached hydrogens (tertiary/aromatic N) is 4. The summed E-state index contributed by atoms with van der Waals surface area (Å²) in [5, 5.41) is 9.07. The van der Waals surface area contributed by atoms with Gasteiger partial charge in [0.05, 0.1) is 28.7 Å². The van der Waals surface area contributed by atoms with E-state index in [0.29, 0.717) is 17.8 Å². The number of carbonyl (C=O) groups excluding carboxylic acids is 1. The number of fused-ring (bicyclic) bond motifs is 1. The van der Waals surface area contributed by atoms with Gasteiger partial charge in [-0.25, -0.2) is 4.98 Å². The lowest BCUT2D eigenvalue weighted by Gasteiger charge is -2.20. The average molecular weight is 431 g/mol. The van der Waals surface area contributed by atoms with Gasteiger partial charge in [0, 0.05) is 29.3 Å². The van der Waals surface area contributed by atoms with E-state index in [9.17, 15) is 4.79 Å². The Kier molecular flexibility index (Phi) is 4.99. The van der Waals surface area contributed by atoms with Crippen LogP contribution in [-0.2, 0) is 5.41 Å². The van der Waals surface area contributed by atoms with E-state index >= 15 is 0 Å². The van der Waals surface area contributed by atoms with Gasteiger partial charge in [0.2, 0.25) is 0 Å². The van der Waals surface area contributed by atoms with Crippen molar-refractivity contribution in [3.05, 3.63) is 102 Å². The molecule has 1 aliphatic heterocycles. The molecule has 0 N–H and O–H groups in total. The van der Waals surface area contributed by atoms with Crippen LogP contribution >= 0.6 is 0 Å². The van der Waals surface area contributed by atoms with E-state index in [-0.39, 0.29) is 11.3 Å². The summed E-state index contributed by atoms with van der Waals surface area (Å²) in [5.41, 5.74) is 6.03. The lowest BCUT2D eigenvalue weighted by atomic mass is 9.91. The second-order valence-electron chi connectivity index (χ2n) is 8.83. The first-order valence-corrected chi connectivity index (χ1v) is 10.8. The first-order valence-electron chi connectivity index (χ1n) is 10.8. The number of aromatic nitrogens is 2. The Bertz CT molecular complexity index is 1390.